The summed E-state index contributed by atoms with van der Waals surface area (Å²) in [6.45, 7) is 4.58. The number of hydrogen-bond donors (Lipinski definition) is 4. The molecule has 0 radical (unpaired) electrons. The number of aliphatic hydroxyl groups excluding tert-OH is 2. The van der Waals surface area contributed by atoms with Gasteiger partial charge >= 0.3 is 7.82 Å². The highest BCUT2D eigenvalue weighted by molar-refractivity contribution is 7.47. The first-order chi connectivity index (χ1) is 25.9. The van der Waals surface area contributed by atoms with E-state index in [4.69, 9.17) is 9.05 Å². The molecule has 4 unspecified atom stereocenters. The van der Waals surface area contributed by atoms with Gasteiger partial charge in [-0.2, -0.15) is 0 Å². The summed E-state index contributed by atoms with van der Waals surface area (Å²) in [7, 11) is 1.43. The summed E-state index contributed by atoms with van der Waals surface area (Å²) in [5, 5.41) is 24.6. The van der Waals surface area contributed by atoms with Crippen molar-refractivity contribution in [1.29, 1.82) is 0 Å². The first kappa shape index (κ1) is 53.2. The third-order valence-electron chi connectivity index (χ3n) is 10.4. The van der Waals surface area contributed by atoms with Crippen molar-refractivity contribution in [3.8, 4) is 0 Å². The summed E-state index contributed by atoms with van der Waals surface area (Å²) in [6.07, 6.45) is 37.0. The second-order valence-electron chi connectivity index (χ2n) is 16.9. The molecular formula is C44H90N2O7P+. The Morgan fingerprint density at radius 2 is 1.04 bits per heavy atom. The second-order valence-corrected chi connectivity index (χ2v) is 18.4. The van der Waals surface area contributed by atoms with Crippen molar-refractivity contribution in [3.05, 3.63) is 12.2 Å². The SMILES string of the molecule is CCCCCCCCC/C=C/CCCC(O)C(O)C(COP(=O)(O)OCC[N+](C)(C)C)NC(=O)CCCCCCCCCCCCCCCCCCCC. The molecule has 0 aromatic rings. The Hall–Kier alpha value is -0.800. The monoisotopic (exact) mass is 790 g/mol. The second kappa shape index (κ2) is 36.5. The summed E-state index contributed by atoms with van der Waals surface area (Å²) in [5.41, 5.74) is 0. The number of nitrogens with one attached hydrogen (secondary N) is 1. The van der Waals surface area contributed by atoms with E-state index in [1.807, 2.05) is 21.1 Å². The van der Waals surface area contributed by atoms with E-state index in [0.717, 1.165) is 32.1 Å². The summed E-state index contributed by atoms with van der Waals surface area (Å²) in [4.78, 5) is 23.2. The predicted octanol–water partition coefficient (Wildman–Crippen LogP) is 11.3. The van der Waals surface area contributed by atoms with E-state index in [1.165, 1.54) is 141 Å². The van der Waals surface area contributed by atoms with Gasteiger partial charge in [-0.1, -0.05) is 174 Å². The van der Waals surface area contributed by atoms with Crippen molar-refractivity contribution >= 4 is 13.7 Å². The van der Waals surface area contributed by atoms with Gasteiger partial charge in [0.1, 0.15) is 19.3 Å². The Morgan fingerprint density at radius 1 is 0.630 bits per heavy atom. The number of allylic oxidation sites excluding steroid dienone is 2. The predicted molar refractivity (Wildman–Crippen MR) is 228 cm³/mol. The molecule has 0 heterocycles. The number of phosphoric ester groups is 1. The van der Waals surface area contributed by atoms with Gasteiger partial charge in [0.2, 0.25) is 5.91 Å². The van der Waals surface area contributed by atoms with Gasteiger partial charge in [0.05, 0.1) is 39.9 Å². The lowest BCUT2D eigenvalue weighted by Crippen LogP contribution is -2.51. The highest BCUT2D eigenvalue weighted by Crippen LogP contribution is 2.43. The lowest BCUT2D eigenvalue weighted by molar-refractivity contribution is -0.870. The Bertz CT molecular complexity index is 914. The molecule has 4 atom stereocenters. The van der Waals surface area contributed by atoms with Crippen molar-refractivity contribution in [2.75, 3.05) is 40.9 Å². The maximum absolute atomic E-state index is 12.9. The van der Waals surface area contributed by atoms with E-state index < -0.39 is 32.7 Å². The standard InChI is InChI=1S/C44H89N2O7P/c1-6-8-10-12-14-16-18-20-21-22-23-24-25-27-29-31-33-35-37-43(48)45-41(40-53-54(50,51)52-39-38-46(3,4)5)44(49)42(47)36-34-32-30-28-26-19-17-15-13-11-9-7-2/h28,30,41-42,44,47,49H,6-27,29,31-40H2,1-5H3,(H-,45,48,50,51)/p+1/b30-28+. The van der Waals surface area contributed by atoms with Crippen molar-refractivity contribution in [2.24, 2.45) is 0 Å². The molecule has 54 heavy (non-hydrogen) atoms. The topological polar surface area (TPSA) is 125 Å². The van der Waals surface area contributed by atoms with E-state index >= 15 is 0 Å². The fourth-order valence-electron chi connectivity index (χ4n) is 6.67. The van der Waals surface area contributed by atoms with Crippen LogP contribution in [0.1, 0.15) is 206 Å². The van der Waals surface area contributed by atoms with Gasteiger partial charge in [-0.15, -0.1) is 0 Å². The summed E-state index contributed by atoms with van der Waals surface area (Å²) in [6, 6.07) is -1.04. The van der Waals surface area contributed by atoms with E-state index in [1.54, 1.807) is 0 Å². The number of hydrogen-bond acceptors (Lipinski definition) is 6. The van der Waals surface area contributed by atoms with Crippen LogP contribution in [0.4, 0.5) is 0 Å². The summed E-state index contributed by atoms with van der Waals surface area (Å²) < 4.78 is 23.5. The van der Waals surface area contributed by atoms with Gasteiger partial charge in [0.25, 0.3) is 0 Å². The highest BCUT2D eigenvalue weighted by atomic mass is 31.2. The maximum Gasteiger partial charge on any atom is 0.472 e. The van der Waals surface area contributed by atoms with Crippen LogP contribution in [0.25, 0.3) is 0 Å². The van der Waals surface area contributed by atoms with E-state index in [0.29, 0.717) is 30.3 Å². The third kappa shape index (κ3) is 36.8. The van der Waals surface area contributed by atoms with Crippen LogP contribution in [0, 0.1) is 0 Å². The Labute approximate surface area is 334 Å². The van der Waals surface area contributed by atoms with Crippen LogP contribution in [-0.4, -0.2) is 84.6 Å². The summed E-state index contributed by atoms with van der Waals surface area (Å²) in [5.74, 6) is -0.265. The molecule has 1 amide bonds. The number of carbonyl (C=O) groups excluding carboxylic acids is 1. The van der Waals surface area contributed by atoms with Gasteiger partial charge in [0, 0.05) is 6.42 Å². The average Bonchev–Trinajstić information content (AvgIpc) is 3.12. The Balaban J connectivity index is 4.46. The first-order valence-electron chi connectivity index (χ1n) is 22.6. The number of aliphatic hydroxyl groups is 2. The minimum Gasteiger partial charge on any atom is -0.390 e. The molecule has 0 aromatic heterocycles. The quantitative estimate of drug-likeness (QED) is 0.0210. The lowest BCUT2D eigenvalue weighted by Gasteiger charge is -2.28. The van der Waals surface area contributed by atoms with Crippen molar-refractivity contribution in [3.63, 3.8) is 0 Å². The molecule has 0 aliphatic rings. The normalized spacial score (nSPS) is 15.0. The first-order valence-corrected chi connectivity index (χ1v) is 24.1. The smallest absolute Gasteiger partial charge is 0.390 e. The molecule has 9 nitrogen and oxygen atoms in total. The van der Waals surface area contributed by atoms with E-state index in [9.17, 15) is 24.5 Å². The van der Waals surface area contributed by atoms with E-state index in [-0.39, 0.29) is 12.5 Å². The van der Waals surface area contributed by atoms with Crippen LogP contribution in [-0.2, 0) is 18.4 Å². The van der Waals surface area contributed by atoms with Crippen molar-refractivity contribution in [2.45, 2.75) is 225 Å². The molecule has 0 saturated heterocycles. The third-order valence-corrected chi connectivity index (χ3v) is 11.3. The number of quaternary nitrogens is 1. The molecule has 0 aliphatic heterocycles. The Morgan fingerprint density at radius 3 is 1.48 bits per heavy atom. The number of rotatable bonds is 41. The largest absolute Gasteiger partial charge is 0.472 e. The number of phosphoric acid groups is 1. The average molecular weight is 790 g/mol. The van der Waals surface area contributed by atoms with Crippen LogP contribution < -0.4 is 5.32 Å². The van der Waals surface area contributed by atoms with Crippen LogP contribution >= 0.6 is 7.82 Å². The molecule has 322 valence electrons. The minimum absolute atomic E-state index is 0.0192. The number of amides is 1. The lowest BCUT2D eigenvalue weighted by atomic mass is 10.0. The summed E-state index contributed by atoms with van der Waals surface area (Å²) >= 11 is 0. The van der Waals surface area contributed by atoms with Gasteiger partial charge in [-0.05, 0) is 38.5 Å². The van der Waals surface area contributed by atoms with Crippen molar-refractivity contribution < 1.29 is 38.0 Å². The van der Waals surface area contributed by atoms with Gasteiger partial charge in [-0.25, -0.2) is 4.57 Å². The number of carbonyl (C=O) groups is 1. The molecule has 0 aliphatic carbocycles. The molecule has 0 aromatic carbocycles. The molecule has 4 N–H and O–H groups in total. The van der Waals surface area contributed by atoms with Crippen LogP contribution in [0.15, 0.2) is 12.2 Å². The number of unbranched alkanes of at least 4 members (excludes halogenated alkanes) is 25. The van der Waals surface area contributed by atoms with Gasteiger partial charge in [0.15, 0.2) is 0 Å². The molecule has 10 heteroatoms. The molecule has 0 fully saturated rings. The number of likely N-dealkylation sites (N-methyl/N-ethyl adjacent to an activating group) is 1. The fraction of sp³-hybridized carbons (Fsp3) is 0.932. The van der Waals surface area contributed by atoms with Gasteiger partial charge < -0.3 is 24.9 Å². The Kier molecular flexibility index (Phi) is 36.0. The maximum atomic E-state index is 12.9. The minimum atomic E-state index is -4.42. The fourth-order valence-corrected chi connectivity index (χ4v) is 7.41. The van der Waals surface area contributed by atoms with E-state index in [2.05, 4.69) is 31.3 Å². The van der Waals surface area contributed by atoms with Crippen molar-refractivity contribution in [1.82, 2.24) is 5.32 Å². The van der Waals surface area contributed by atoms with Crippen LogP contribution in [0.5, 0.6) is 0 Å². The molecular weight excluding hydrogens is 699 g/mol. The highest BCUT2D eigenvalue weighted by Gasteiger charge is 2.31. The molecule has 0 spiro atoms. The zero-order valence-electron chi connectivity index (χ0n) is 36.1. The molecule has 0 bridgehead atoms. The van der Waals surface area contributed by atoms with Crippen LogP contribution in [0.3, 0.4) is 0 Å². The van der Waals surface area contributed by atoms with Crippen LogP contribution in [0.2, 0.25) is 0 Å². The molecule has 0 rings (SSSR count). The zero-order valence-corrected chi connectivity index (χ0v) is 37.0. The zero-order chi connectivity index (χ0) is 40.2. The number of nitrogens with zero attached hydrogens (tertiary/aromatic N) is 1. The van der Waals surface area contributed by atoms with Gasteiger partial charge in [-0.3, -0.25) is 13.8 Å². The molecule has 0 saturated carbocycles.